The number of hydrogen-bond donors (Lipinski definition) is 1. The number of nitrogens with zero attached hydrogens (tertiary/aromatic N) is 4. The maximum atomic E-state index is 15.9. The summed E-state index contributed by atoms with van der Waals surface area (Å²) in [5.74, 6) is -1.06. The van der Waals surface area contributed by atoms with E-state index < -0.39 is 43.4 Å². The van der Waals surface area contributed by atoms with Crippen molar-refractivity contribution in [1.82, 2.24) is 15.0 Å². The van der Waals surface area contributed by atoms with Crippen molar-refractivity contribution in [1.29, 1.82) is 0 Å². The zero-order chi connectivity index (χ0) is 41.0. The number of fused-ring (bicyclic) bond motifs is 4. The third-order valence-corrected chi connectivity index (χ3v) is 16.6. The minimum atomic E-state index is -2.91. The normalized spacial score (nSPS) is 21.8. The van der Waals surface area contributed by atoms with Crippen LogP contribution in [0.5, 0.6) is 11.6 Å². The Hall–Kier alpha value is -5.04. The summed E-state index contributed by atoms with van der Waals surface area (Å²) in [6, 6.07) is 18.8. The highest BCUT2D eigenvalue weighted by atomic mass is 28.4. The lowest BCUT2D eigenvalue weighted by Gasteiger charge is -2.55. The molecule has 4 atom stereocenters. The Morgan fingerprint density at radius 2 is 1.56 bits per heavy atom. The van der Waals surface area contributed by atoms with Crippen LogP contribution in [-0.4, -0.2) is 73.8 Å². The predicted octanol–water partition coefficient (Wildman–Crippen LogP) is 8.31. The van der Waals surface area contributed by atoms with Gasteiger partial charge in [-0.25, -0.2) is 4.98 Å². The van der Waals surface area contributed by atoms with Gasteiger partial charge in [0.1, 0.15) is 30.4 Å². The number of allylic oxidation sites excluding steroid dienone is 1. The van der Waals surface area contributed by atoms with Gasteiger partial charge in [-0.3, -0.25) is 14.5 Å². The molecule has 1 saturated carbocycles. The van der Waals surface area contributed by atoms with Crippen LogP contribution in [0.3, 0.4) is 0 Å². The van der Waals surface area contributed by atoms with Crippen LogP contribution in [0.2, 0.25) is 18.1 Å². The van der Waals surface area contributed by atoms with Crippen molar-refractivity contribution in [3.63, 3.8) is 0 Å². The number of benzene rings is 2. The summed E-state index contributed by atoms with van der Waals surface area (Å²) in [5, 5.41) is 16.7. The van der Waals surface area contributed by atoms with Crippen molar-refractivity contribution in [2.75, 3.05) is 33.1 Å². The molecule has 0 unspecified atom stereocenters. The number of pyridine rings is 1. The Balaban J connectivity index is 1.45. The van der Waals surface area contributed by atoms with Crippen molar-refractivity contribution >= 4 is 31.5 Å². The predicted molar refractivity (Wildman–Crippen MR) is 222 cm³/mol. The van der Waals surface area contributed by atoms with Gasteiger partial charge in [-0.05, 0) is 67.3 Å². The smallest absolute Gasteiger partial charge is 0.265 e. The number of aromatic nitrogens is 2. The summed E-state index contributed by atoms with van der Waals surface area (Å²) in [5.41, 5.74) is 1.83. The average molecular weight is 791 g/mol. The molecular weight excluding hydrogens is 737 g/mol. The molecule has 1 N–H and O–H groups in total. The van der Waals surface area contributed by atoms with Crippen molar-refractivity contribution in [2.45, 2.75) is 83.0 Å². The molecule has 0 radical (unpaired) electrons. The molecule has 11 nitrogen and oxygen atoms in total. The van der Waals surface area contributed by atoms with Crippen LogP contribution in [0.1, 0.15) is 77.3 Å². The van der Waals surface area contributed by atoms with Crippen LogP contribution in [0, 0.1) is 11.8 Å². The van der Waals surface area contributed by atoms with Gasteiger partial charge >= 0.3 is 0 Å². The van der Waals surface area contributed by atoms with E-state index in [2.05, 4.69) is 32.5 Å². The van der Waals surface area contributed by atoms with Crippen molar-refractivity contribution in [2.24, 2.45) is 11.8 Å². The Kier molecular flexibility index (Phi) is 10.6. The number of anilines is 1. The van der Waals surface area contributed by atoms with E-state index in [0.717, 1.165) is 16.7 Å². The number of rotatable bonds is 12. The van der Waals surface area contributed by atoms with Crippen LogP contribution in [-0.2, 0) is 35.3 Å². The van der Waals surface area contributed by atoms with Gasteiger partial charge in [0.15, 0.2) is 25.4 Å². The van der Waals surface area contributed by atoms with Gasteiger partial charge in [-0.2, -0.15) is 0 Å². The Labute approximate surface area is 336 Å². The Bertz CT molecular complexity index is 2220. The molecular formula is C45H54N4O7Si. The third kappa shape index (κ3) is 6.81. The molecule has 12 heteroatoms. The van der Waals surface area contributed by atoms with Crippen LogP contribution in [0.25, 0.3) is 5.76 Å². The SMILES string of the molecule is C=CCc1nc(N(C)C)c2c(c1OCc1ccccc1)C(O)=C1C(=O)[C@]3(O[Si](C)(C)C(C)(C)C)C(=O)c4c(OCc5ccccc5)noc4[C@@H](N(C)C)[C@@H]3C[C@@H]1C2. The molecule has 0 saturated heterocycles. The van der Waals surface area contributed by atoms with Crippen LogP contribution in [0.15, 0.2) is 83.4 Å². The van der Waals surface area contributed by atoms with Crippen LogP contribution < -0.4 is 14.4 Å². The second-order valence-corrected chi connectivity index (χ2v) is 22.1. The van der Waals surface area contributed by atoms with Gasteiger partial charge in [-0.15, -0.1) is 6.58 Å². The number of carbonyl (C=O) groups is 2. The fraction of sp³-hybridized carbons (Fsp3) is 0.422. The maximum absolute atomic E-state index is 15.9. The van der Waals surface area contributed by atoms with Gasteiger partial charge in [-0.1, -0.05) is 87.5 Å². The fourth-order valence-electron chi connectivity index (χ4n) is 8.46. The first-order chi connectivity index (χ1) is 27.0. The van der Waals surface area contributed by atoms with E-state index in [1.165, 1.54) is 0 Å². The second-order valence-electron chi connectivity index (χ2n) is 17.4. The minimum absolute atomic E-state index is 0.0110. The highest BCUT2D eigenvalue weighted by molar-refractivity contribution is 6.74. The first-order valence-corrected chi connectivity index (χ1v) is 22.5. The number of ketones is 2. The first-order valence-electron chi connectivity index (χ1n) is 19.6. The van der Waals surface area contributed by atoms with Crippen molar-refractivity contribution < 1.29 is 33.1 Å². The Morgan fingerprint density at radius 3 is 2.12 bits per heavy atom. The van der Waals surface area contributed by atoms with E-state index >= 15 is 9.59 Å². The van der Waals surface area contributed by atoms with E-state index in [-0.39, 0.29) is 41.0 Å². The summed E-state index contributed by atoms with van der Waals surface area (Å²) in [4.78, 5) is 40.5. The molecule has 7 rings (SSSR count). The molecule has 2 aromatic carbocycles. The number of aliphatic hydroxyl groups is 1. The molecule has 4 aromatic rings. The standard InChI is InChI=1S/C45H54N4O7Si/c1-11-18-32-38(53-25-27-19-14-12-15-20-27)34-30(42(46-32)49(7)8)23-29-24-31-36(48(5)6)39-35(43(47-55-39)54-26-28-21-16-13-17-22-28)41(52)45(31,40(51)33(29)37(34)50)56-57(9,10)44(2,3)4/h11-17,19-22,29,31,36,50H,1,18,23-26H2,2-10H3/t29-,31-,36-,45-/m0/s1. The maximum Gasteiger partial charge on any atom is 0.265 e. The van der Waals surface area contributed by atoms with Crippen LogP contribution >= 0.6 is 0 Å². The van der Waals surface area contributed by atoms with Gasteiger partial charge in [0.25, 0.3) is 5.88 Å². The molecule has 300 valence electrons. The highest BCUT2D eigenvalue weighted by Crippen LogP contribution is 2.59. The fourth-order valence-corrected chi connectivity index (χ4v) is 9.90. The van der Waals surface area contributed by atoms with E-state index in [9.17, 15) is 5.11 Å². The monoisotopic (exact) mass is 790 g/mol. The molecule has 0 aliphatic heterocycles. The molecule has 2 heterocycles. The Morgan fingerprint density at radius 1 is 0.947 bits per heavy atom. The van der Waals surface area contributed by atoms with Gasteiger partial charge < -0.3 is 28.4 Å². The molecule has 0 spiro atoms. The summed E-state index contributed by atoms with van der Waals surface area (Å²) in [6.07, 6.45) is 2.83. The van der Waals surface area contributed by atoms with E-state index in [1.54, 1.807) is 6.08 Å². The second kappa shape index (κ2) is 15.0. The van der Waals surface area contributed by atoms with Gasteiger partial charge in [0, 0.05) is 37.6 Å². The number of Topliss-reactive ketones (excluding diaryl/α,β-unsaturated/α-hetero) is 2. The summed E-state index contributed by atoms with van der Waals surface area (Å²) >= 11 is 0. The number of ether oxygens (including phenoxy) is 2. The lowest BCUT2D eigenvalue weighted by Crippen LogP contribution is -2.68. The van der Waals surface area contributed by atoms with E-state index in [4.69, 9.17) is 23.4 Å². The minimum Gasteiger partial charge on any atom is -0.507 e. The quantitative estimate of drug-likeness (QED) is 0.0846. The molecule has 0 amide bonds. The van der Waals surface area contributed by atoms with Gasteiger partial charge in [0.05, 0.1) is 17.3 Å². The topological polar surface area (TPSA) is 127 Å². The summed E-state index contributed by atoms with van der Waals surface area (Å²) in [6.45, 7) is 14.7. The molecule has 0 bridgehead atoms. The van der Waals surface area contributed by atoms with E-state index in [0.29, 0.717) is 47.8 Å². The van der Waals surface area contributed by atoms with E-state index in [1.807, 2.05) is 112 Å². The third-order valence-electron chi connectivity index (χ3n) is 12.2. The number of carbonyl (C=O) groups excluding carboxylic acids is 2. The van der Waals surface area contributed by atoms with Crippen molar-refractivity contribution in [3.05, 3.63) is 118 Å². The lowest BCUT2D eigenvalue weighted by molar-refractivity contribution is -0.140. The molecule has 3 aliphatic rings. The number of hydrogen-bond acceptors (Lipinski definition) is 11. The van der Waals surface area contributed by atoms with Crippen molar-refractivity contribution in [3.8, 4) is 11.6 Å². The average Bonchev–Trinajstić information content (AvgIpc) is 3.58. The zero-order valence-corrected chi connectivity index (χ0v) is 35.5. The first kappa shape index (κ1) is 40.2. The number of aliphatic hydroxyl groups excluding tert-OH is 1. The molecule has 3 aliphatic carbocycles. The van der Waals surface area contributed by atoms with Crippen LogP contribution in [0.4, 0.5) is 5.82 Å². The molecule has 2 aromatic heterocycles. The highest BCUT2D eigenvalue weighted by Gasteiger charge is 2.69. The largest absolute Gasteiger partial charge is 0.507 e. The summed E-state index contributed by atoms with van der Waals surface area (Å²) < 4.78 is 26.1. The summed E-state index contributed by atoms with van der Waals surface area (Å²) in [7, 11) is 4.73. The molecule has 57 heavy (non-hydrogen) atoms. The molecule has 1 fully saturated rings. The van der Waals surface area contributed by atoms with Gasteiger partial charge in [0.2, 0.25) is 11.6 Å². The zero-order valence-electron chi connectivity index (χ0n) is 34.5. The lowest BCUT2D eigenvalue weighted by atomic mass is 9.57.